The van der Waals surface area contributed by atoms with Crippen molar-refractivity contribution < 1.29 is 42.0 Å². The van der Waals surface area contributed by atoms with Gasteiger partial charge in [0, 0.05) is 16.7 Å². The van der Waals surface area contributed by atoms with Crippen molar-refractivity contribution in [2.75, 3.05) is 20.8 Å². The summed E-state index contributed by atoms with van der Waals surface area (Å²) in [6.45, 7) is 3.75. The van der Waals surface area contributed by atoms with Crippen LogP contribution in [0.3, 0.4) is 0 Å². The number of halogens is 3. The van der Waals surface area contributed by atoms with Crippen LogP contribution in [0.1, 0.15) is 41.7 Å². The van der Waals surface area contributed by atoms with E-state index in [1.165, 1.54) is 20.3 Å². The summed E-state index contributed by atoms with van der Waals surface area (Å²) in [6.07, 6.45) is -4.43. The molecule has 0 saturated carbocycles. The number of carbonyl (C=O) groups excluding carboxylic acids is 1. The second-order valence-corrected chi connectivity index (χ2v) is 8.59. The molecule has 0 N–H and O–H groups in total. The van der Waals surface area contributed by atoms with E-state index in [-0.39, 0.29) is 18.9 Å². The topological polar surface area (TPSA) is 100 Å². The van der Waals surface area contributed by atoms with Crippen LogP contribution in [0.15, 0.2) is 88.3 Å². The summed E-state index contributed by atoms with van der Waals surface area (Å²) >= 11 is 0. The highest BCUT2D eigenvalue weighted by Gasteiger charge is 2.30. The minimum Gasteiger partial charge on any atom is -0.489 e. The van der Waals surface area contributed by atoms with Gasteiger partial charge in [0.15, 0.2) is 5.71 Å². The van der Waals surface area contributed by atoms with E-state index in [0.717, 1.165) is 12.1 Å². The molecule has 0 unspecified atom stereocenters. The van der Waals surface area contributed by atoms with E-state index in [1.807, 2.05) is 0 Å². The fourth-order valence-corrected chi connectivity index (χ4v) is 3.67. The van der Waals surface area contributed by atoms with Gasteiger partial charge in [-0.15, -0.1) is 0 Å². The molecule has 0 aromatic heterocycles. The Hall–Kier alpha value is -4.87. The number of nitrogens with zero attached hydrogens (tertiary/aromatic N) is 3. The van der Waals surface area contributed by atoms with Crippen LogP contribution < -0.4 is 4.74 Å². The van der Waals surface area contributed by atoms with Gasteiger partial charge in [-0.25, -0.2) is 4.79 Å². The molecule has 0 fully saturated rings. The number of ether oxygens (including phenoxy) is 2. The quantitative estimate of drug-likeness (QED) is 0.136. The Morgan fingerprint density at radius 2 is 1.57 bits per heavy atom. The van der Waals surface area contributed by atoms with Crippen molar-refractivity contribution in [2.24, 2.45) is 15.5 Å². The van der Waals surface area contributed by atoms with Crippen LogP contribution in [0.25, 0.3) is 0 Å². The average molecular weight is 586 g/mol. The van der Waals surface area contributed by atoms with Gasteiger partial charge in [-0.05, 0) is 55.8 Å². The summed E-state index contributed by atoms with van der Waals surface area (Å²) in [5.74, 6) is -0.217. The molecular formula is C30H30F3N3O6. The highest BCUT2D eigenvalue weighted by Crippen LogP contribution is 2.29. The van der Waals surface area contributed by atoms with Crippen LogP contribution in [-0.4, -0.2) is 43.9 Å². The maximum Gasteiger partial charge on any atom is 0.416 e. The van der Waals surface area contributed by atoms with Gasteiger partial charge in [0.2, 0.25) is 0 Å². The number of hydrogen-bond donors (Lipinski definition) is 0. The van der Waals surface area contributed by atoms with E-state index < -0.39 is 17.7 Å². The number of methoxy groups -OCH3 is 1. The molecule has 0 heterocycles. The first-order valence-corrected chi connectivity index (χ1v) is 12.7. The predicted molar refractivity (Wildman–Crippen MR) is 150 cm³/mol. The Balaban J connectivity index is 1.73. The molecule has 3 aromatic carbocycles. The van der Waals surface area contributed by atoms with Gasteiger partial charge in [0.05, 0.1) is 12.7 Å². The van der Waals surface area contributed by atoms with E-state index in [2.05, 4.69) is 15.5 Å². The molecule has 0 atom stereocenters. The summed E-state index contributed by atoms with van der Waals surface area (Å²) in [6, 6.07) is 18.7. The molecule has 0 saturated heterocycles. The molecule has 0 amide bonds. The first-order valence-electron chi connectivity index (χ1n) is 12.7. The van der Waals surface area contributed by atoms with Crippen LogP contribution in [-0.2, 0) is 43.4 Å². The lowest BCUT2D eigenvalue weighted by molar-refractivity contribution is -0.137. The summed E-state index contributed by atoms with van der Waals surface area (Å²) in [5, 5.41) is 12.1. The molecule has 12 heteroatoms. The van der Waals surface area contributed by atoms with Crippen molar-refractivity contribution in [1.29, 1.82) is 0 Å². The monoisotopic (exact) mass is 585 g/mol. The van der Waals surface area contributed by atoms with Crippen LogP contribution >= 0.6 is 0 Å². The minimum atomic E-state index is -4.43. The number of carbonyl (C=O) groups is 1. The van der Waals surface area contributed by atoms with E-state index in [1.54, 1.807) is 68.4 Å². The highest BCUT2D eigenvalue weighted by atomic mass is 19.4. The third-order valence-corrected chi connectivity index (χ3v) is 5.67. The number of rotatable bonds is 13. The van der Waals surface area contributed by atoms with E-state index in [9.17, 15) is 18.0 Å². The molecule has 222 valence electrons. The Morgan fingerprint density at radius 1 is 0.833 bits per heavy atom. The zero-order valence-electron chi connectivity index (χ0n) is 23.5. The fraction of sp³-hybridized carbons (Fsp3) is 0.267. The predicted octanol–water partition coefficient (Wildman–Crippen LogP) is 6.14. The standard InChI is InChI=1S/C30H30F3N3O6/c1-5-41-36-27(20(2)34-42-19-23-10-6-7-12-26(23)28(35-39-4)29(37)38-3)22-13-15-25(16-14-22)40-18-21-9-8-11-24(17-21)30(31,32)33/h6-17H,5,18-19H2,1-4H3/b34-20?,35-28?,36-27+. The summed E-state index contributed by atoms with van der Waals surface area (Å²) in [5.41, 5.74) is 2.14. The van der Waals surface area contributed by atoms with Crippen molar-refractivity contribution >= 4 is 23.1 Å². The van der Waals surface area contributed by atoms with Crippen molar-refractivity contribution in [3.63, 3.8) is 0 Å². The Morgan fingerprint density at radius 3 is 2.24 bits per heavy atom. The lowest BCUT2D eigenvalue weighted by Gasteiger charge is -2.11. The first kappa shape index (κ1) is 31.7. The molecule has 0 aliphatic carbocycles. The van der Waals surface area contributed by atoms with Crippen molar-refractivity contribution in [3.8, 4) is 5.75 Å². The summed E-state index contributed by atoms with van der Waals surface area (Å²) in [4.78, 5) is 27.9. The smallest absolute Gasteiger partial charge is 0.416 e. The molecule has 42 heavy (non-hydrogen) atoms. The zero-order chi connectivity index (χ0) is 30.5. The molecule has 0 bridgehead atoms. The van der Waals surface area contributed by atoms with Gasteiger partial charge in [-0.1, -0.05) is 51.9 Å². The normalized spacial score (nSPS) is 12.5. The fourth-order valence-electron chi connectivity index (χ4n) is 3.67. The summed E-state index contributed by atoms with van der Waals surface area (Å²) in [7, 11) is 2.57. The zero-order valence-corrected chi connectivity index (χ0v) is 23.5. The Bertz CT molecular complexity index is 1440. The molecule has 9 nitrogen and oxygen atoms in total. The highest BCUT2D eigenvalue weighted by molar-refractivity contribution is 6.47. The van der Waals surface area contributed by atoms with Gasteiger partial charge < -0.3 is 24.0 Å². The van der Waals surface area contributed by atoms with Crippen LogP contribution in [0.2, 0.25) is 0 Å². The largest absolute Gasteiger partial charge is 0.489 e. The summed E-state index contributed by atoms with van der Waals surface area (Å²) < 4.78 is 49.4. The lowest BCUT2D eigenvalue weighted by atomic mass is 10.0. The van der Waals surface area contributed by atoms with Crippen molar-refractivity contribution in [2.45, 2.75) is 33.2 Å². The second-order valence-electron chi connectivity index (χ2n) is 8.59. The molecule has 0 spiro atoms. The molecule has 0 aliphatic rings. The van der Waals surface area contributed by atoms with E-state index in [4.69, 9.17) is 24.0 Å². The molecular weight excluding hydrogens is 555 g/mol. The van der Waals surface area contributed by atoms with Crippen molar-refractivity contribution in [3.05, 3.63) is 101 Å². The number of alkyl halides is 3. The second kappa shape index (κ2) is 15.2. The van der Waals surface area contributed by atoms with Crippen LogP contribution in [0.5, 0.6) is 5.75 Å². The maximum absolute atomic E-state index is 13.0. The third kappa shape index (κ3) is 8.82. The molecule has 0 aliphatic heterocycles. The van der Waals surface area contributed by atoms with Gasteiger partial charge in [-0.2, -0.15) is 13.2 Å². The number of benzene rings is 3. The lowest BCUT2D eigenvalue weighted by Crippen LogP contribution is -2.19. The Kier molecular flexibility index (Phi) is 11.5. The van der Waals surface area contributed by atoms with Crippen LogP contribution in [0, 0.1) is 0 Å². The molecule has 0 radical (unpaired) electrons. The number of esters is 1. The van der Waals surface area contributed by atoms with Crippen molar-refractivity contribution in [1.82, 2.24) is 0 Å². The van der Waals surface area contributed by atoms with Gasteiger partial charge in [0.25, 0.3) is 0 Å². The van der Waals surface area contributed by atoms with Gasteiger partial charge in [0.1, 0.15) is 44.1 Å². The van der Waals surface area contributed by atoms with E-state index in [0.29, 0.717) is 46.0 Å². The SMILES string of the molecule is CCO/N=C(\C(C)=NOCc1ccccc1C(=NOC)C(=O)OC)c1ccc(OCc2cccc(C(F)(F)F)c2)cc1. The van der Waals surface area contributed by atoms with Gasteiger partial charge >= 0.3 is 12.1 Å². The van der Waals surface area contributed by atoms with E-state index >= 15 is 0 Å². The number of oxime groups is 3. The molecule has 3 rings (SSSR count). The maximum atomic E-state index is 13.0. The average Bonchev–Trinajstić information content (AvgIpc) is 2.99. The first-order chi connectivity index (χ1) is 20.2. The number of hydrogen-bond acceptors (Lipinski definition) is 9. The Labute approximate surface area is 241 Å². The molecule has 3 aromatic rings. The third-order valence-electron chi connectivity index (χ3n) is 5.67. The van der Waals surface area contributed by atoms with Gasteiger partial charge in [-0.3, -0.25) is 0 Å². The minimum absolute atomic E-state index is 0.00251. The van der Waals surface area contributed by atoms with Crippen LogP contribution in [0.4, 0.5) is 13.2 Å².